The van der Waals surface area contributed by atoms with E-state index in [2.05, 4.69) is 4.98 Å². The van der Waals surface area contributed by atoms with Gasteiger partial charge in [-0.3, -0.25) is 9.59 Å². The van der Waals surface area contributed by atoms with Gasteiger partial charge in [-0.2, -0.15) is 5.26 Å². The number of nitriles is 1. The second kappa shape index (κ2) is 8.53. The van der Waals surface area contributed by atoms with Gasteiger partial charge in [0.25, 0.3) is 0 Å². The van der Waals surface area contributed by atoms with Crippen molar-refractivity contribution in [3.63, 3.8) is 0 Å². The molecule has 7 heteroatoms. The van der Waals surface area contributed by atoms with Crippen LogP contribution in [0.2, 0.25) is 0 Å². The molecule has 0 radical (unpaired) electrons. The maximum atomic E-state index is 13.0. The van der Waals surface area contributed by atoms with Crippen molar-refractivity contribution in [2.24, 2.45) is 11.1 Å². The molecule has 1 aromatic heterocycles. The number of nitrogens with zero attached hydrogens (tertiary/aromatic N) is 2. The first kappa shape index (κ1) is 20.0. The molecule has 1 fully saturated rings. The van der Waals surface area contributed by atoms with E-state index in [0.29, 0.717) is 19.3 Å². The number of benzene rings is 1. The van der Waals surface area contributed by atoms with Gasteiger partial charge in [-0.15, -0.1) is 11.3 Å². The third kappa shape index (κ3) is 4.23. The number of aromatic nitrogens is 1. The summed E-state index contributed by atoms with van der Waals surface area (Å²) in [6.07, 6.45) is 4.91. The number of hydrogen-bond donors (Lipinski definition) is 1. The zero-order valence-electron chi connectivity index (χ0n) is 15.9. The van der Waals surface area contributed by atoms with Crippen LogP contribution in [0.5, 0.6) is 0 Å². The molecule has 0 saturated heterocycles. The molecule has 3 rings (SSSR count). The van der Waals surface area contributed by atoms with Crippen LogP contribution in [0.25, 0.3) is 10.2 Å². The first-order valence-corrected chi connectivity index (χ1v) is 10.2. The number of carbonyl (C=O) groups is 2. The third-order valence-corrected chi connectivity index (χ3v) is 6.23. The summed E-state index contributed by atoms with van der Waals surface area (Å²) in [5.74, 6) is -0.950. The number of esters is 1. The topological polar surface area (TPSA) is 106 Å². The predicted molar refractivity (Wildman–Crippen MR) is 107 cm³/mol. The maximum absolute atomic E-state index is 13.0. The van der Waals surface area contributed by atoms with Crippen LogP contribution in [0.3, 0.4) is 0 Å². The van der Waals surface area contributed by atoms with Gasteiger partial charge >= 0.3 is 5.97 Å². The average Bonchev–Trinajstić information content (AvgIpc) is 3.09. The van der Waals surface area contributed by atoms with Gasteiger partial charge in [0.2, 0.25) is 5.78 Å². The van der Waals surface area contributed by atoms with Crippen LogP contribution >= 0.6 is 11.3 Å². The Morgan fingerprint density at radius 3 is 2.64 bits per heavy atom. The molecule has 28 heavy (non-hydrogen) atoms. The highest BCUT2D eigenvalue weighted by Crippen LogP contribution is 2.41. The fraction of sp³-hybridized carbons (Fsp3) is 0.429. The number of para-hydroxylation sites is 1. The lowest BCUT2D eigenvalue weighted by Crippen LogP contribution is -2.38. The van der Waals surface area contributed by atoms with Crippen molar-refractivity contribution < 1.29 is 14.3 Å². The Morgan fingerprint density at radius 1 is 1.29 bits per heavy atom. The molecule has 0 atom stereocenters. The van der Waals surface area contributed by atoms with Crippen LogP contribution in [-0.4, -0.2) is 23.3 Å². The quantitative estimate of drug-likeness (QED) is 0.453. The van der Waals surface area contributed by atoms with Crippen molar-refractivity contribution >= 4 is 33.3 Å². The number of rotatable bonds is 6. The second-order valence-corrected chi connectivity index (χ2v) is 8.38. The van der Waals surface area contributed by atoms with Crippen LogP contribution < -0.4 is 5.73 Å². The van der Waals surface area contributed by atoms with Crippen molar-refractivity contribution in [3.8, 4) is 6.07 Å². The molecule has 0 bridgehead atoms. The number of thiazole rings is 1. The zero-order chi connectivity index (χ0) is 20.1. The van der Waals surface area contributed by atoms with E-state index in [-0.39, 0.29) is 17.2 Å². The van der Waals surface area contributed by atoms with Crippen LogP contribution in [0.15, 0.2) is 35.5 Å². The smallest absolute Gasteiger partial charge is 0.312 e. The fourth-order valence-corrected chi connectivity index (χ4v) is 4.80. The van der Waals surface area contributed by atoms with E-state index in [9.17, 15) is 9.59 Å². The van der Waals surface area contributed by atoms with E-state index in [4.69, 9.17) is 15.7 Å². The highest BCUT2D eigenvalue weighted by Gasteiger charge is 2.42. The predicted octanol–water partition coefficient (Wildman–Crippen LogP) is 3.66. The summed E-state index contributed by atoms with van der Waals surface area (Å²) in [7, 11) is 0. The third-order valence-electron chi connectivity index (χ3n) is 5.19. The number of hydrogen-bond acceptors (Lipinski definition) is 7. The molecule has 146 valence electrons. The molecular weight excluding hydrogens is 374 g/mol. The first-order chi connectivity index (χ1) is 13.4. The van der Waals surface area contributed by atoms with Crippen molar-refractivity contribution in [2.75, 3.05) is 6.61 Å². The number of Topliss-reactive ketones (excluding diaryl/α,β-unsaturated/α-hetero) is 1. The summed E-state index contributed by atoms with van der Waals surface area (Å²) in [5.41, 5.74) is 5.79. The number of fused-ring (bicyclic) bond motifs is 1. The van der Waals surface area contributed by atoms with Crippen LogP contribution in [0.1, 0.15) is 44.0 Å². The molecule has 0 spiro atoms. The summed E-state index contributed by atoms with van der Waals surface area (Å²) < 4.78 is 6.47. The Kier molecular flexibility index (Phi) is 6.10. The van der Waals surface area contributed by atoms with Gasteiger partial charge in [-0.1, -0.05) is 31.4 Å². The van der Waals surface area contributed by atoms with E-state index in [1.807, 2.05) is 24.3 Å². The Morgan fingerprint density at radius 2 is 2.00 bits per heavy atom. The number of carbonyl (C=O) groups excluding carboxylic acids is 2. The van der Waals surface area contributed by atoms with Gasteiger partial charge in [0.1, 0.15) is 11.6 Å². The van der Waals surface area contributed by atoms with Gasteiger partial charge in [0.05, 0.1) is 20.6 Å². The summed E-state index contributed by atoms with van der Waals surface area (Å²) in [4.78, 5) is 29.8. The molecule has 0 aliphatic heterocycles. The molecule has 2 N–H and O–H groups in total. The molecule has 0 amide bonds. The summed E-state index contributed by atoms with van der Waals surface area (Å²) >= 11 is 1.59. The van der Waals surface area contributed by atoms with E-state index in [1.165, 1.54) is 6.92 Å². The van der Waals surface area contributed by atoms with E-state index >= 15 is 0 Å². The minimum atomic E-state index is -0.666. The number of ketones is 1. The lowest BCUT2D eigenvalue weighted by Gasteiger charge is -2.34. The van der Waals surface area contributed by atoms with Crippen molar-refractivity contribution in [3.05, 3.63) is 40.5 Å². The second-order valence-electron chi connectivity index (χ2n) is 7.26. The molecular formula is C21H23N3O3S. The lowest BCUT2D eigenvalue weighted by molar-refractivity contribution is -0.160. The van der Waals surface area contributed by atoms with Crippen LogP contribution in [-0.2, 0) is 20.7 Å². The minimum Gasteiger partial charge on any atom is -0.457 e. The fourth-order valence-electron chi connectivity index (χ4n) is 3.69. The van der Waals surface area contributed by atoms with Gasteiger partial charge in [-0.25, -0.2) is 4.98 Å². The van der Waals surface area contributed by atoms with E-state index in [0.717, 1.165) is 34.5 Å². The summed E-state index contributed by atoms with van der Waals surface area (Å²) in [6, 6.07) is 9.68. The molecule has 1 aliphatic rings. The normalized spacial score (nSPS) is 16.9. The largest absolute Gasteiger partial charge is 0.457 e. The molecule has 0 unspecified atom stereocenters. The van der Waals surface area contributed by atoms with Gasteiger partial charge < -0.3 is 10.5 Å². The Labute approximate surface area is 168 Å². The molecule has 1 aliphatic carbocycles. The summed E-state index contributed by atoms with van der Waals surface area (Å²) in [5, 5.41) is 9.94. The Hall–Kier alpha value is -2.72. The van der Waals surface area contributed by atoms with Gasteiger partial charge in [0.15, 0.2) is 6.61 Å². The van der Waals surface area contributed by atoms with Crippen molar-refractivity contribution in [1.82, 2.24) is 4.98 Å². The Balaban J connectivity index is 1.77. The number of allylic oxidation sites excluding steroid dienone is 1. The zero-order valence-corrected chi connectivity index (χ0v) is 16.7. The molecule has 1 saturated carbocycles. The number of nitrogens with two attached hydrogens (primary N) is 1. The first-order valence-electron chi connectivity index (χ1n) is 9.36. The maximum Gasteiger partial charge on any atom is 0.312 e. The van der Waals surface area contributed by atoms with Crippen LogP contribution in [0, 0.1) is 16.7 Å². The summed E-state index contributed by atoms with van der Waals surface area (Å²) in [6.45, 7) is 1.02. The van der Waals surface area contributed by atoms with Gasteiger partial charge in [-0.05, 0) is 31.9 Å². The van der Waals surface area contributed by atoms with Crippen molar-refractivity contribution in [1.29, 1.82) is 5.26 Å². The molecule has 2 aromatic rings. The van der Waals surface area contributed by atoms with Gasteiger partial charge in [0, 0.05) is 12.1 Å². The van der Waals surface area contributed by atoms with E-state index < -0.39 is 17.8 Å². The minimum absolute atomic E-state index is 0.130. The SMILES string of the molecule is CC(N)=C(C#N)C(=O)COC(=O)C1(Cc2nc3ccccc3s2)CCCCC1. The van der Waals surface area contributed by atoms with Crippen molar-refractivity contribution in [2.45, 2.75) is 45.4 Å². The highest BCUT2D eigenvalue weighted by atomic mass is 32.1. The molecule has 1 heterocycles. The molecule has 6 nitrogen and oxygen atoms in total. The van der Waals surface area contributed by atoms with Crippen LogP contribution in [0.4, 0.5) is 0 Å². The number of ether oxygens (including phenoxy) is 1. The highest BCUT2D eigenvalue weighted by molar-refractivity contribution is 7.18. The standard InChI is InChI=1S/C21H23N3O3S/c1-14(23)15(12-22)17(25)13-27-20(26)21(9-5-2-6-10-21)11-19-24-16-7-3-4-8-18(16)28-19/h3-4,7-8H,2,5-6,9-11,13,23H2,1H3. The average molecular weight is 398 g/mol. The van der Waals surface area contributed by atoms with E-state index in [1.54, 1.807) is 17.4 Å². The monoisotopic (exact) mass is 397 g/mol. The lowest BCUT2D eigenvalue weighted by atomic mass is 9.72. The molecule has 1 aromatic carbocycles. The Bertz CT molecular complexity index is 928.